The topological polar surface area (TPSA) is 60.0 Å². The minimum absolute atomic E-state index is 0.0100. The summed E-state index contributed by atoms with van der Waals surface area (Å²) in [5.41, 5.74) is 0. The molecule has 0 bridgehead atoms. The van der Waals surface area contributed by atoms with Crippen molar-refractivity contribution in [1.29, 1.82) is 0 Å². The van der Waals surface area contributed by atoms with Crippen LogP contribution in [0.1, 0.15) is 12.8 Å². The van der Waals surface area contributed by atoms with E-state index < -0.39 is 0 Å². The number of hydrogen-bond acceptors (Lipinski definition) is 4. The van der Waals surface area contributed by atoms with Crippen LogP contribution in [0.5, 0.6) is 0 Å². The van der Waals surface area contributed by atoms with E-state index in [1.54, 1.807) is 14.2 Å². The molecule has 1 aliphatic heterocycles. The van der Waals surface area contributed by atoms with Crippen molar-refractivity contribution in [2.75, 3.05) is 60.3 Å². The number of hydrogen-bond donors (Lipinski definition) is 1. The number of nitrogens with one attached hydrogen (secondary N) is 1. The second-order valence-corrected chi connectivity index (χ2v) is 4.72. The van der Waals surface area contributed by atoms with Crippen molar-refractivity contribution < 1.29 is 19.0 Å². The zero-order valence-corrected chi connectivity index (χ0v) is 12.0. The van der Waals surface area contributed by atoms with Crippen molar-refractivity contribution in [2.45, 2.75) is 12.8 Å². The highest BCUT2D eigenvalue weighted by atomic mass is 16.5. The minimum Gasteiger partial charge on any atom is -0.383 e. The first-order valence-electron chi connectivity index (χ1n) is 6.86. The number of piperidine rings is 1. The zero-order chi connectivity index (χ0) is 13.9. The van der Waals surface area contributed by atoms with Crippen LogP contribution in [0.4, 0.5) is 4.79 Å². The summed E-state index contributed by atoms with van der Waals surface area (Å²) in [4.78, 5) is 13.7. The lowest BCUT2D eigenvalue weighted by Gasteiger charge is -2.31. The first-order valence-corrected chi connectivity index (χ1v) is 6.86. The van der Waals surface area contributed by atoms with E-state index in [1.165, 1.54) is 0 Å². The number of likely N-dealkylation sites (tertiary alicyclic amines) is 1. The van der Waals surface area contributed by atoms with Gasteiger partial charge < -0.3 is 24.4 Å². The maximum absolute atomic E-state index is 11.8. The Morgan fingerprint density at radius 3 is 2.47 bits per heavy atom. The molecule has 0 aromatic rings. The number of nitrogens with zero attached hydrogens (tertiary/aromatic N) is 1. The van der Waals surface area contributed by atoms with E-state index >= 15 is 0 Å². The third-order valence-corrected chi connectivity index (χ3v) is 3.27. The lowest BCUT2D eigenvalue weighted by atomic mass is 9.98. The highest BCUT2D eigenvalue weighted by molar-refractivity contribution is 5.74. The van der Waals surface area contributed by atoms with Crippen LogP contribution in [0.3, 0.4) is 0 Å². The Kier molecular flexibility index (Phi) is 8.53. The molecule has 0 aliphatic carbocycles. The molecule has 0 aromatic carbocycles. The standard InChI is InChI=1S/C13H26N2O4/c1-17-8-5-14-13(16)15-6-3-12(4-7-15)11-19-10-9-18-2/h12H,3-11H2,1-2H3,(H,14,16). The molecule has 0 atom stereocenters. The molecule has 0 spiro atoms. The number of urea groups is 1. The molecule has 1 aliphatic rings. The number of rotatable bonds is 8. The molecule has 0 saturated carbocycles. The van der Waals surface area contributed by atoms with Crippen molar-refractivity contribution in [1.82, 2.24) is 10.2 Å². The van der Waals surface area contributed by atoms with Gasteiger partial charge in [-0.2, -0.15) is 0 Å². The van der Waals surface area contributed by atoms with Gasteiger partial charge in [-0.05, 0) is 18.8 Å². The Morgan fingerprint density at radius 2 is 1.84 bits per heavy atom. The molecule has 1 fully saturated rings. The fraction of sp³-hybridized carbons (Fsp3) is 0.923. The van der Waals surface area contributed by atoms with Crippen LogP contribution >= 0.6 is 0 Å². The van der Waals surface area contributed by atoms with Crippen LogP contribution in [-0.4, -0.2) is 71.2 Å². The molecule has 0 radical (unpaired) electrons. The summed E-state index contributed by atoms with van der Waals surface area (Å²) in [6, 6.07) is 0.0100. The van der Waals surface area contributed by atoms with Gasteiger partial charge in [0.25, 0.3) is 0 Å². The van der Waals surface area contributed by atoms with Gasteiger partial charge in [-0.1, -0.05) is 0 Å². The molecule has 2 amide bonds. The van der Waals surface area contributed by atoms with Crippen LogP contribution in [0.2, 0.25) is 0 Å². The smallest absolute Gasteiger partial charge is 0.317 e. The predicted molar refractivity (Wildman–Crippen MR) is 72.3 cm³/mol. The Morgan fingerprint density at radius 1 is 1.16 bits per heavy atom. The molecular formula is C13H26N2O4. The van der Waals surface area contributed by atoms with Gasteiger partial charge in [0.2, 0.25) is 0 Å². The predicted octanol–water partition coefficient (Wildman–Crippen LogP) is 0.717. The third-order valence-electron chi connectivity index (χ3n) is 3.27. The Hall–Kier alpha value is -0.850. The molecule has 19 heavy (non-hydrogen) atoms. The van der Waals surface area contributed by atoms with Crippen molar-refractivity contribution in [2.24, 2.45) is 5.92 Å². The minimum atomic E-state index is 0.0100. The van der Waals surface area contributed by atoms with Crippen molar-refractivity contribution in [3.05, 3.63) is 0 Å². The molecule has 6 heteroatoms. The van der Waals surface area contributed by atoms with Crippen molar-refractivity contribution >= 4 is 6.03 Å². The molecule has 1 saturated heterocycles. The summed E-state index contributed by atoms with van der Waals surface area (Å²) in [7, 11) is 3.30. The van der Waals surface area contributed by atoms with Gasteiger partial charge in [0.1, 0.15) is 0 Å². The first kappa shape index (κ1) is 16.2. The number of carbonyl (C=O) groups excluding carboxylic acids is 1. The molecule has 1 rings (SSSR count). The second kappa shape index (κ2) is 10.00. The summed E-state index contributed by atoms with van der Waals surface area (Å²) in [5.74, 6) is 0.555. The molecule has 6 nitrogen and oxygen atoms in total. The summed E-state index contributed by atoms with van der Waals surface area (Å²) in [6.45, 7) is 4.77. The van der Waals surface area contributed by atoms with Crippen LogP contribution in [0, 0.1) is 5.92 Å². The van der Waals surface area contributed by atoms with Crippen molar-refractivity contribution in [3.8, 4) is 0 Å². The molecule has 0 unspecified atom stereocenters. The van der Waals surface area contributed by atoms with Crippen LogP contribution in [0.25, 0.3) is 0 Å². The Bertz CT molecular complexity index is 243. The summed E-state index contributed by atoms with van der Waals surface area (Å²) >= 11 is 0. The summed E-state index contributed by atoms with van der Waals surface area (Å²) in [6.07, 6.45) is 2.01. The molecule has 112 valence electrons. The van der Waals surface area contributed by atoms with E-state index in [1.807, 2.05) is 4.90 Å². The van der Waals surface area contributed by atoms with E-state index in [9.17, 15) is 4.79 Å². The normalized spacial score (nSPS) is 16.6. The zero-order valence-electron chi connectivity index (χ0n) is 12.0. The van der Waals surface area contributed by atoms with E-state index in [-0.39, 0.29) is 6.03 Å². The van der Waals surface area contributed by atoms with Gasteiger partial charge in [0, 0.05) is 40.5 Å². The van der Waals surface area contributed by atoms with Crippen molar-refractivity contribution in [3.63, 3.8) is 0 Å². The molecular weight excluding hydrogens is 248 g/mol. The van der Waals surface area contributed by atoms with Crippen LogP contribution in [0.15, 0.2) is 0 Å². The van der Waals surface area contributed by atoms with Gasteiger partial charge >= 0.3 is 6.03 Å². The first-order chi connectivity index (χ1) is 9.27. The lowest BCUT2D eigenvalue weighted by Crippen LogP contribution is -2.45. The van der Waals surface area contributed by atoms with E-state index in [4.69, 9.17) is 14.2 Å². The Labute approximate surface area is 115 Å². The number of carbonyl (C=O) groups is 1. The fourth-order valence-electron chi connectivity index (χ4n) is 2.07. The number of amides is 2. The van der Waals surface area contributed by atoms with Crippen LogP contribution in [-0.2, 0) is 14.2 Å². The molecule has 1 heterocycles. The lowest BCUT2D eigenvalue weighted by molar-refractivity contribution is 0.0380. The van der Waals surface area contributed by atoms with E-state index in [0.717, 1.165) is 32.5 Å². The van der Waals surface area contributed by atoms with Gasteiger partial charge in [-0.25, -0.2) is 4.79 Å². The maximum Gasteiger partial charge on any atom is 0.317 e. The summed E-state index contributed by atoms with van der Waals surface area (Å²) < 4.78 is 15.4. The Balaban J connectivity index is 2.09. The van der Waals surface area contributed by atoms with E-state index in [0.29, 0.717) is 32.3 Å². The second-order valence-electron chi connectivity index (χ2n) is 4.72. The van der Waals surface area contributed by atoms with E-state index in [2.05, 4.69) is 5.32 Å². The SMILES string of the molecule is COCCNC(=O)N1CCC(COCCOC)CC1. The number of methoxy groups -OCH3 is 2. The highest BCUT2D eigenvalue weighted by Crippen LogP contribution is 2.17. The van der Waals surface area contributed by atoms with Crippen LogP contribution < -0.4 is 5.32 Å². The monoisotopic (exact) mass is 274 g/mol. The van der Waals surface area contributed by atoms with Gasteiger partial charge in [0.15, 0.2) is 0 Å². The average molecular weight is 274 g/mol. The highest BCUT2D eigenvalue weighted by Gasteiger charge is 2.22. The largest absolute Gasteiger partial charge is 0.383 e. The summed E-state index contributed by atoms with van der Waals surface area (Å²) in [5, 5.41) is 2.84. The quantitative estimate of drug-likeness (QED) is 0.663. The van der Waals surface area contributed by atoms with Gasteiger partial charge in [-0.15, -0.1) is 0 Å². The third kappa shape index (κ3) is 6.75. The average Bonchev–Trinajstić information content (AvgIpc) is 2.44. The molecule has 1 N–H and O–H groups in total. The van der Waals surface area contributed by atoms with Gasteiger partial charge in [0.05, 0.1) is 19.8 Å². The molecule has 0 aromatic heterocycles. The fourth-order valence-corrected chi connectivity index (χ4v) is 2.07. The number of ether oxygens (including phenoxy) is 3. The van der Waals surface area contributed by atoms with Gasteiger partial charge in [-0.3, -0.25) is 0 Å². The maximum atomic E-state index is 11.8.